The molecule has 0 bridgehead atoms. The van der Waals surface area contributed by atoms with E-state index in [4.69, 9.17) is 0 Å². The van der Waals surface area contributed by atoms with Gasteiger partial charge in [-0.1, -0.05) is 24.3 Å². The van der Waals surface area contributed by atoms with Gasteiger partial charge in [0, 0.05) is 6.54 Å². The summed E-state index contributed by atoms with van der Waals surface area (Å²) in [6.07, 6.45) is 0. The first-order chi connectivity index (χ1) is 11.1. The van der Waals surface area contributed by atoms with Crippen molar-refractivity contribution in [1.82, 2.24) is 5.32 Å². The Balaban J connectivity index is 1.88. The second-order valence-corrected chi connectivity index (χ2v) is 4.82. The Labute approximate surface area is 133 Å². The highest BCUT2D eigenvalue weighted by Gasteiger charge is 2.12. The Kier molecular flexibility index (Phi) is 5.82. The molecule has 2 aromatic rings. The van der Waals surface area contributed by atoms with E-state index in [0.29, 0.717) is 17.8 Å². The smallest absolute Gasteiger partial charge is 0.339 e. The van der Waals surface area contributed by atoms with E-state index in [-0.39, 0.29) is 18.3 Å². The number of rotatable bonds is 6. The van der Waals surface area contributed by atoms with Crippen LogP contribution in [0.15, 0.2) is 48.5 Å². The first-order valence-electron chi connectivity index (χ1n) is 7.02. The minimum atomic E-state index is -0.514. The standard InChI is InChI=1S/C17H17FN2O3/c1-23-17(22)14-4-2-3-5-15(14)20-16(21)11-19-10-12-6-8-13(18)9-7-12/h2-9,19H,10-11H2,1H3,(H,20,21). The van der Waals surface area contributed by atoms with Crippen LogP contribution in [0.2, 0.25) is 0 Å². The van der Waals surface area contributed by atoms with Gasteiger partial charge in [-0.15, -0.1) is 0 Å². The summed E-state index contributed by atoms with van der Waals surface area (Å²) in [5.74, 6) is -1.10. The maximum atomic E-state index is 12.8. The Bertz CT molecular complexity index is 686. The molecule has 120 valence electrons. The lowest BCUT2D eigenvalue weighted by atomic mass is 10.2. The van der Waals surface area contributed by atoms with Gasteiger partial charge < -0.3 is 15.4 Å². The fraction of sp³-hybridized carbons (Fsp3) is 0.176. The zero-order chi connectivity index (χ0) is 16.7. The second-order valence-electron chi connectivity index (χ2n) is 4.82. The molecule has 0 aliphatic heterocycles. The van der Waals surface area contributed by atoms with E-state index in [1.807, 2.05) is 0 Å². The Morgan fingerprint density at radius 2 is 1.78 bits per heavy atom. The predicted octanol–water partition coefficient (Wildman–Crippen LogP) is 2.34. The van der Waals surface area contributed by atoms with E-state index in [9.17, 15) is 14.0 Å². The first-order valence-corrected chi connectivity index (χ1v) is 7.02. The summed E-state index contributed by atoms with van der Waals surface area (Å²) in [6.45, 7) is 0.499. The molecule has 0 aromatic heterocycles. The number of hydrogen-bond donors (Lipinski definition) is 2. The number of ether oxygens (including phenoxy) is 1. The van der Waals surface area contributed by atoms with Crippen molar-refractivity contribution in [2.24, 2.45) is 0 Å². The number of nitrogens with one attached hydrogen (secondary N) is 2. The number of amides is 1. The molecule has 0 unspecified atom stereocenters. The van der Waals surface area contributed by atoms with Crippen LogP contribution in [-0.4, -0.2) is 25.5 Å². The highest BCUT2D eigenvalue weighted by molar-refractivity contribution is 6.01. The maximum absolute atomic E-state index is 12.8. The quantitative estimate of drug-likeness (QED) is 0.803. The van der Waals surface area contributed by atoms with Crippen LogP contribution in [0.3, 0.4) is 0 Å². The topological polar surface area (TPSA) is 67.4 Å². The molecule has 5 nitrogen and oxygen atoms in total. The number of hydrogen-bond acceptors (Lipinski definition) is 4. The van der Waals surface area contributed by atoms with Crippen LogP contribution in [0, 0.1) is 5.82 Å². The van der Waals surface area contributed by atoms with Crippen molar-refractivity contribution in [1.29, 1.82) is 0 Å². The largest absolute Gasteiger partial charge is 0.465 e. The van der Waals surface area contributed by atoms with Gasteiger partial charge in [-0.3, -0.25) is 4.79 Å². The molecule has 2 N–H and O–H groups in total. The number of benzene rings is 2. The predicted molar refractivity (Wildman–Crippen MR) is 84.5 cm³/mol. The number of para-hydroxylation sites is 1. The summed E-state index contributed by atoms with van der Waals surface area (Å²) >= 11 is 0. The summed E-state index contributed by atoms with van der Waals surface area (Å²) in [4.78, 5) is 23.6. The molecule has 2 rings (SSSR count). The summed E-state index contributed by atoms with van der Waals surface area (Å²) in [6, 6.07) is 12.6. The van der Waals surface area contributed by atoms with Crippen LogP contribution in [0.25, 0.3) is 0 Å². The van der Waals surface area contributed by atoms with Gasteiger partial charge in [-0.25, -0.2) is 9.18 Å². The Morgan fingerprint density at radius 1 is 1.09 bits per heavy atom. The molecule has 0 aliphatic rings. The highest BCUT2D eigenvalue weighted by atomic mass is 19.1. The lowest BCUT2D eigenvalue weighted by molar-refractivity contribution is -0.115. The van der Waals surface area contributed by atoms with Gasteiger partial charge in [0.15, 0.2) is 0 Å². The normalized spacial score (nSPS) is 10.2. The summed E-state index contributed by atoms with van der Waals surface area (Å²) < 4.78 is 17.5. The summed E-state index contributed by atoms with van der Waals surface area (Å²) in [5, 5.41) is 5.61. The third kappa shape index (κ3) is 4.89. The van der Waals surface area contributed by atoms with Crippen molar-refractivity contribution < 1.29 is 18.7 Å². The molecule has 6 heteroatoms. The fourth-order valence-corrected chi connectivity index (χ4v) is 2.00. The maximum Gasteiger partial charge on any atom is 0.339 e. The van der Waals surface area contributed by atoms with E-state index in [1.54, 1.807) is 36.4 Å². The molecule has 0 saturated heterocycles. The van der Waals surface area contributed by atoms with Crippen molar-refractivity contribution in [2.45, 2.75) is 6.54 Å². The Morgan fingerprint density at radius 3 is 2.48 bits per heavy atom. The molecule has 0 radical (unpaired) electrons. The van der Waals surface area contributed by atoms with Gasteiger partial charge in [0.05, 0.1) is 24.9 Å². The number of anilines is 1. The fourth-order valence-electron chi connectivity index (χ4n) is 2.00. The lowest BCUT2D eigenvalue weighted by Crippen LogP contribution is -2.28. The number of halogens is 1. The highest BCUT2D eigenvalue weighted by Crippen LogP contribution is 2.15. The third-order valence-corrected chi connectivity index (χ3v) is 3.13. The zero-order valence-electron chi connectivity index (χ0n) is 12.6. The van der Waals surface area contributed by atoms with E-state index in [2.05, 4.69) is 15.4 Å². The van der Waals surface area contributed by atoms with Crippen molar-refractivity contribution in [2.75, 3.05) is 19.0 Å². The molecule has 23 heavy (non-hydrogen) atoms. The SMILES string of the molecule is COC(=O)c1ccccc1NC(=O)CNCc1ccc(F)cc1. The van der Waals surface area contributed by atoms with Crippen LogP contribution in [-0.2, 0) is 16.1 Å². The average Bonchev–Trinajstić information content (AvgIpc) is 2.56. The minimum Gasteiger partial charge on any atom is -0.465 e. The second kappa shape index (κ2) is 8.05. The number of esters is 1. The molecular formula is C17H17FN2O3. The van der Waals surface area contributed by atoms with Gasteiger partial charge in [0.2, 0.25) is 5.91 Å². The van der Waals surface area contributed by atoms with Crippen molar-refractivity contribution in [3.8, 4) is 0 Å². The summed E-state index contributed by atoms with van der Waals surface area (Å²) in [7, 11) is 1.28. The van der Waals surface area contributed by atoms with Crippen molar-refractivity contribution in [3.05, 3.63) is 65.5 Å². The van der Waals surface area contributed by atoms with E-state index < -0.39 is 5.97 Å². The number of methoxy groups -OCH3 is 1. The molecule has 0 fully saturated rings. The minimum absolute atomic E-state index is 0.0624. The van der Waals surface area contributed by atoms with Gasteiger partial charge >= 0.3 is 5.97 Å². The lowest BCUT2D eigenvalue weighted by Gasteiger charge is -2.10. The van der Waals surface area contributed by atoms with Gasteiger partial charge in [-0.05, 0) is 29.8 Å². The van der Waals surface area contributed by atoms with Crippen molar-refractivity contribution in [3.63, 3.8) is 0 Å². The summed E-state index contributed by atoms with van der Waals surface area (Å²) in [5.41, 5.74) is 1.56. The molecular weight excluding hydrogens is 299 g/mol. The first kappa shape index (κ1) is 16.6. The van der Waals surface area contributed by atoms with E-state index in [0.717, 1.165) is 5.56 Å². The number of carbonyl (C=O) groups is 2. The van der Waals surface area contributed by atoms with Crippen LogP contribution in [0.1, 0.15) is 15.9 Å². The van der Waals surface area contributed by atoms with E-state index in [1.165, 1.54) is 19.2 Å². The molecule has 0 aliphatic carbocycles. The molecule has 1 amide bonds. The molecule has 0 heterocycles. The van der Waals surface area contributed by atoms with Crippen molar-refractivity contribution >= 4 is 17.6 Å². The average molecular weight is 316 g/mol. The van der Waals surface area contributed by atoms with Crippen LogP contribution < -0.4 is 10.6 Å². The molecule has 0 saturated carbocycles. The number of carbonyl (C=O) groups excluding carboxylic acids is 2. The zero-order valence-corrected chi connectivity index (χ0v) is 12.6. The molecule has 0 spiro atoms. The van der Waals surface area contributed by atoms with Gasteiger partial charge in [0.25, 0.3) is 0 Å². The monoisotopic (exact) mass is 316 g/mol. The van der Waals surface area contributed by atoms with Crippen LogP contribution in [0.5, 0.6) is 0 Å². The van der Waals surface area contributed by atoms with E-state index >= 15 is 0 Å². The third-order valence-electron chi connectivity index (χ3n) is 3.13. The van der Waals surface area contributed by atoms with Gasteiger partial charge in [-0.2, -0.15) is 0 Å². The molecule has 2 aromatic carbocycles. The van der Waals surface area contributed by atoms with Crippen LogP contribution in [0.4, 0.5) is 10.1 Å². The Hall–Kier alpha value is -2.73. The molecule has 0 atom stereocenters. The van der Waals surface area contributed by atoms with Crippen LogP contribution >= 0.6 is 0 Å². The van der Waals surface area contributed by atoms with Gasteiger partial charge in [0.1, 0.15) is 5.82 Å².